The van der Waals surface area contributed by atoms with E-state index < -0.39 is 30.2 Å². The van der Waals surface area contributed by atoms with Crippen LogP contribution in [0.3, 0.4) is 0 Å². The largest absolute Gasteiger partial charge is 0.462 e. The highest BCUT2D eigenvalue weighted by molar-refractivity contribution is 5.81. The number of aliphatic hydroxyl groups is 3. The van der Waals surface area contributed by atoms with Gasteiger partial charge in [0.1, 0.15) is 29.6 Å². The van der Waals surface area contributed by atoms with E-state index in [-0.39, 0.29) is 6.61 Å². The first-order valence-electron chi connectivity index (χ1n) is 6.82. The Morgan fingerprint density at radius 3 is 2.73 bits per heavy atom. The average molecular weight is 308 g/mol. The Balaban J connectivity index is 1.87. The number of fused-ring (bicyclic) bond motifs is 1. The number of aryl methyl sites for hydroxylation is 1. The summed E-state index contributed by atoms with van der Waals surface area (Å²) in [7, 11) is 0. The summed E-state index contributed by atoms with van der Waals surface area (Å²) in [4.78, 5) is 11.4. The van der Waals surface area contributed by atoms with Gasteiger partial charge in [-0.05, 0) is 24.6 Å². The van der Waals surface area contributed by atoms with E-state index in [2.05, 4.69) is 0 Å². The molecule has 2 aromatic rings. The van der Waals surface area contributed by atoms with Gasteiger partial charge in [0.05, 0.1) is 6.61 Å². The highest BCUT2D eigenvalue weighted by atomic mass is 16.7. The molecule has 0 saturated carbocycles. The van der Waals surface area contributed by atoms with Crippen LogP contribution >= 0.6 is 0 Å². The molecule has 7 nitrogen and oxygen atoms in total. The van der Waals surface area contributed by atoms with Gasteiger partial charge in [-0.2, -0.15) is 0 Å². The minimum Gasteiger partial charge on any atom is -0.462 e. The molecule has 0 spiro atoms. The van der Waals surface area contributed by atoms with Crippen LogP contribution in [0, 0.1) is 6.92 Å². The standard InChI is InChI=1S/C15H16O7/c1-7-4-12(17)22-11-5-8(2-3-9(7)11)21-15-14(19)13(18)10(16)6-20-15/h2-5,10,13-16,18-19H,6H2,1H3/t10-,13-,14-,15-/m0/s1. The van der Waals surface area contributed by atoms with E-state index >= 15 is 0 Å². The van der Waals surface area contributed by atoms with Gasteiger partial charge in [0.25, 0.3) is 0 Å². The van der Waals surface area contributed by atoms with E-state index in [1.807, 2.05) is 0 Å². The molecule has 1 aromatic carbocycles. The number of ether oxygens (including phenoxy) is 2. The zero-order chi connectivity index (χ0) is 15.9. The molecule has 118 valence electrons. The van der Waals surface area contributed by atoms with Crippen LogP contribution in [0.15, 0.2) is 33.5 Å². The van der Waals surface area contributed by atoms with E-state index in [9.17, 15) is 20.1 Å². The molecule has 1 saturated heterocycles. The van der Waals surface area contributed by atoms with Gasteiger partial charge in [-0.15, -0.1) is 0 Å². The minimum atomic E-state index is -1.39. The van der Waals surface area contributed by atoms with Crippen LogP contribution in [0.2, 0.25) is 0 Å². The summed E-state index contributed by atoms with van der Waals surface area (Å²) in [6.07, 6.45) is -5.01. The van der Waals surface area contributed by atoms with Crippen molar-refractivity contribution in [1.29, 1.82) is 0 Å². The summed E-state index contributed by atoms with van der Waals surface area (Å²) < 4.78 is 15.7. The van der Waals surface area contributed by atoms with Crippen LogP contribution in [-0.2, 0) is 4.74 Å². The van der Waals surface area contributed by atoms with Crippen LogP contribution in [-0.4, -0.2) is 46.5 Å². The topological polar surface area (TPSA) is 109 Å². The normalized spacial score (nSPS) is 28.7. The monoisotopic (exact) mass is 308 g/mol. The Labute approximate surface area is 125 Å². The molecule has 2 heterocycles. The number of hydrogen-bond donors (Lipinski definition) is 3. The first-order chi connectivity index (χ1) is 10.5. The van der Waals surface area contributed by atoms with E-state index in [0.29, 0.717) is 11.3 Å². The van der Waals surface area contributed by atoms with Crippen molar-refractivity contribution in [3.05, 3.63) is 40.2 Å². The van der Waals surface area contributed by atoms with Gasteiger partial charge in [0.2, 0.25) is 6.29 Å². The molecule has 1 aromatic heterocycles. The summed E-state index contributed by atoms with van der Waals surface area (Å²) in [5, 5.41) is 29.6. The van der Waals surface area contributed by atoms with Gasteiger partial charge in [0, 0.05) is 17.5 Å². The smallest absolute Gasteiger partial charge is 0.336 e. The van der Waals surface area contributed by atoms with E-state index in [1.54, 1.807) is 19.1 Å². The van der Waals surface area contributed by atoms with E-state index in [1.165, 1.54) is 12.1 Å². The maximum atomic E-state index is 11.4. The Hall–Kier alpha value is -1.93. The molecular weight excluding hydrogens is 292 g/mol. The van der Waals surface area contributed by atoms with Gasteiger partial charge in [0.15, 0.2) is 0 Å². The van der Waals surface area contributed by atoms with Crippen LogP contribution in [0.1, 0.15) is 5.56 Å². The minimum absolute atomic E-state index is 0.148. The molecule has 0 radical (unpaired) electrons. The van der Waals surface area contributed by atoms with Crippen molar-refractivity contribution in [1.82, 2.24) is 0 Å². The van der Waals surface area contributed by atoms with E-state index in [0.717, 1.165) is 10.9 Å². The van der Waals surface area contributed by atoms with Crippen molar-refractivity contribution < 1.29 is 29.2 Å². The fraction of sp³-hybridized carbons (Fsp3) is 0.400. The molecule has 0 aliphatic carbocycles. The van der Waals surface area contributed by atoms with Crippen molar-refractivity contribution in [3.8, 4) is 5.75 Å². The van der Waals surface area contributed by atoms with Gasteiger partial charge >= 0.3 is 5.63 Å². The second-order valence-corrected chi connectivity index (χ2v) is 5.27. The Morgan fingerprint density at radius 2 is 1.95 bits per heavy atom. The lowest BCUT2D eigenvalue weighted by molar-refractivity contribution is -0.242. The van der Waals surface area contributed by atoms with E-state index in [4.69, 9.17) is 13.9 Å². The van der Waals surface area contributed by atoms with Crippen molar-refractivity contribution >= 4 is 11.0 Å². The average Bonchev–Trinajstić information content (AvgIpc) is 2.47. The molecule has 3 rings (SSSR count). The number of rotatable bonds is 2. The maximum absolute atomic E-state index is 11.4. The summed E-state index contributed by atoms with van der Waals surface area (Å²) in [6.45, 7) is 1.65. The molecule has 7 heteroatoms. The Kier molecular flexibility index (Phi) is 3.88. The van der Waals surface area contributed by atoms with Gasteiger partial charge in [-0.1, -0.05) is 0 Å². The molecule has 0 bridgehead atoms. The lowest BCUT2D eigenvalue weighted by atomic mass is 10.1. The van der Waals surface area contributed by atoms with Crippen molar-refractivity contribution in [2.24, 2.45) is 0 Å². The van der Waals surface area contributed by atoms with Gasteiger partial charge in [-0.25, -0.2) is 4.79 Å². The summed E-state index contributed by atoms with van der Waals surface area (Å²) in [5.41, 5.74) is 0.674. The summed E-state index contributed by atoms with van der Waals surface area (Å²) >= 11 is 0. The predicted octanol–water partition coefficient (Wildman–Crippen LogP) is -0.0808. The Bertz CT molecular complexity index is 738. The third-order valence-corrected chi connectivity index (χ3v) is 3.63. The van der Waals surface area contributed by atoms with Crippen molar-refractivity contribution in [2.45, 2.75) is 31.5 Å². The molecule has 22 heavy (non-hydrogen) atoms. The fourth-order valence-electron chi connectivity index (χ4n) is 2.40. The third kappa shape index (κ3) is 2.71. The lowest BCUT2D eigenvalue weighted by Gasteiger charge is -2.34. The zero-order valence-electron chi connectivity index (χ0n) is 11.8. The maximum Gasteiger partial charge on any atom is 0.336 e. The van der Waals surface area contributed by atoms with Gasteiger partial charge in [-0.3, -0.25) is 0 Å². The second-order valence-electron chi connectivity index (χ2n) is 5.27. The van der Waals surface area contributed by atoms with Crippen LogP contribution < -0.4 is 10.4 Å². The molecule has 4 atom stereocenters. The molecule has 3 N–H and O–H groups in total. The van der Waals surface area contributed by atoms with Crippen molar-refractivity contribution in [2.75, 3.05) is 6.61 Å². The molecule has 1 aliphatic heterocycles. The van der Waals surface area contributed by atoms with Gasteiger partial charge < -0.3 is 29.2 Å². The SMILES string of the molecule is Cc1cc(=O)oc2cc(O[C@@H]3OC[C@H](O)[C@H](O)[C@@H]3O)ccc12. The summed E-state index contributed by atoms with van der Waals surface area (Å²) in [5.74, 6) is 0.314. The number of hydrogen-bond acceptors (Lipinski definition) is 7. The molecule has 0 amide bonds. The third-order valence-electron chi connectivity index (χ3n) is 3.63. The predicted molar refractivity (Wildman–Crippen MR) is 75.6 cm³/mol. The van der Waals surface area contributed by atoms with Crippen LogP contribution in [0.4, 0.5) is 0 Å². The second kappa shape index (κ2) is 5.69. The van der Waals surface area contributed by atoms with Crippen LogP contribution in [0.25, 0.3) is 11.0 Å². The van der Waals surface area contributed by atoms with Crippen molar-refractivity contribution in [3.63, 3.8) is 0 Å². The molecule has 0 unspecified atom stereocenters. The quantitative estimate of drug-likeness (QED) is 0.666. The molecule has 1 aliphatic rings. The highest BCUT2D eigenvalue weighted by Gasteiger charge is 2.39. The van der Waals surface area contributed by atoms with Crippen LogP contribution in [0.5, 0.6) is 5.75 Å². The summed E-state index contributed by atoms with van der Waals surface area (Å²) in [6, 6.07) is 6.28. The highest BCUT2D eigenvalue weighted by Crippen LogP contribution is 2.25. The first-order valence-corrected chi connectivity index (χ1v) is 6.82. The Morgan fingerprint density at radius 1 is 1.18 bits per heavy atom. The zero-order valence-corrected chi connectivity index (χ0v) is 11.8. The fourth-order valence-corrected chi connectivity index (χ4v) is 2.40. The number of aliphatic hydroxyl groups excluding tert-OH is 3. The molecule has 1 fully saturated rings. The lowest BCUT2D eigenvalue weighted by Crippen LogP contribution is -2.54. The number of benzene rings is 1. The molecular formula is C15H16O7. The first kappa shape index (κ1) is 15.0.